The molecule has 164 valence electrons. The van der Waals surface area contributed by atoms with E-state index >= 15 is 0 Å². The van der Waals surface area contributed by atoms with Crippen molar-refractivity contribution in [1.82, 2.24) is 9.97 Å². The van der Waals surface area contributed by atoms with Gasteiger partial charge in [0.1, 0.15) is 11.4 Å². The van der Waals surface area contributed by atoms with Crippen LogP contribution in [-0.2, 0) is 6.42 Å². The summed E-state index contributed by atoms with van der Waals surface area (Å²) in [5, 5.41) is 13.4. The number of hydrogen-bond acceptors (Lipinski definition) is 3. The Balaban J connectivity index is 1.42. The van der Waals surface area contributed by atoms with Crippen molar-refractivity contribution in [1.29, 1.82) is 0 Å². The second-order valence-corrected chi connectivity index (χ2v) is 8.20. The summed E-state index contributed by atoms with van der Waals surface area (Å²) in [6.07, 6.45) is 4.51. The molecular weight excluding hydrogens is 436 g/mol. The van der Waals surface area contributed by atoms with Gasteiger partial charge in [-0.3, -0.25) is 4.98 Å². The van der Waals surface area contributed by atoms with E-state index in [0.29, 0.717) is 24.5 Å². The highest BCUT2D eigenvalue weighted by Gasteiger charge is 2.19. The number of ether oxygens (including phenoxy) is 1. The number of halogens is 1. The average molecular weight is 457 g/mol. The molecule has 0 unspecified atom stereocenters. The molecule has 6 heteroatoms. The molecule has 0 atom stereocenters. The number of carbonyl (C=O) groups is 1. The molecule has 0 aliphatic rings. The number of nitrogens with zero attached hydrogens (tertiary/aromatic N) is 1. The van der Waals surface area contributed by atoms with Crippen molar-refractivity contribution in [2.24, 2.45) is 0 Å². The van der Waals surface area contributed by atoms with E-state index in [1.807, 2.05) is 54.6 Å². The van der Waals surface area contributed by atoms with E-state index in [-0.39, 0.29) is 5.69 Å². The normalized spacial score (nSPS) is 11.2. The molecule has 0 aliphatic heterocycles. The first-order valence-electron chi connectivity index (χ1n) is 10.7. The Morgan fingerprint density at radius 1 is 0.970 bits per heavy atom. The van der Waals surface area contributed by atoms with Crippen molar-refractivity contribution in [3.8, 4) is 16.9 Å². The van der Waals surface area contributed by atoms with Gasteiger partial charge in [0.2, 0.25) is 0 Å². The minimum atomic E-state index is -0.983. The number of carboxylic acid groups (broad SMARTS) is 1. The van der Waals surface area contributed by atoms with Crippen LogP contribution in [0.15, 0.2) is 79.1 Å². The number of hydrogen-bond donors (Lipinski definition) is 2. The Hall–Kier alpha value is -3.83. The van der Waals surface area contributed by atoms with Crippen LogP contribution in [0.4, 0.5) is 0 Å². The Morgan fingerprint density at radius 2 is 1.76 bits per heavy atom. The molecule has 2 heterocycles. The van der Waals surface area contributed by atoms with Gasteiger partial charge in [-0.15, -0.1) is 0 Å². The number of nitrogens with one attached hydrogen (secondary N) is 1. The Labute approximate surface area is 195 Å². The van der Waals surface area contributed by atoms with Crippen molar-refractivity contribution in [2.75, 3.05) is 6.61 Å². The van der Waals surface area contributed by atoms with Gasteiger partial charge in [-0.2, -0.15) is 0 Å². The maximum Gasteiger partial charge on any atom is 0.352 e. The predicted molar refractivity (Wildman–Crippen MR) is 131 cm³/mol. The summed E-state index contributed by atoms with van der Waals surface area (Å²) in [6, 6.07) is 21.7. The van der Waals surface area contributed by atoms with E-state index in [1.54, 1.807) is 12.4 Å². The van der Waals surface area contributed by atoms with Crippen LogP contribution in [0, 0.1) is 0 Å². The molecule has 33 heavy (non-hydrogen) atoms. The first-order valence-corrected chi connectivity index (χ1v) is 11.1. The van der Waals surface area contributed by atoms with Gasteiger partial charge in [0, 0.05) is 34.3 Å². The van der Waals surface area contributed by atoms with Crippen molar-refractivity contribution in [3.63, 3.8) is 0 Å². The number of H-pyrrole nitrogens is 1. The van der Waals surface area contributed by atoms with E-state index in [1.165, 1.54) is 0 Å². The smallest absolute Gasteiger partial charge is 0.352 e. The highest BCUT2D eigenvalue weighted by Crippen LogP contribution is 2.35. The zero-order chi connectivity index (χ0) is 22.8. The number of pyridine rings is 1. The summed E-state index contributed by atoms with van der Waals surface area (Å²) in [4.78, 5) is 19.2. The van der Waals surface area contributed by atoms with Gasteiger partial charge >= 0.3 is 5.97 Å². The molecular formula is C27H21ClN2O3. The number of rotatable bonds is 7. The summed E-state index contributed by atoms with van der Waals surface area (Å²) >= 11 is 6.36. The number of para-hydroxylation sites is 1. The predicted octanol–water partition coefficient (Wildman–Crippen LogP) is 6.75. The Kier molecular flexibility index (Phi) is 5.71. The lowest BCUT2D eigenvalue weighted by molar-refractivity contribution is 0.0690. The molecule has 0 fully saturated rings. The van der Waals surface area contributed by atoms with Crippen molar-refractivity contribution < 1.29 is 14.6 Å². The lowest BCUT2D eigenvalue weighted by Crippen LogP contribution is -2.04. The van der Waals surface area contributed by atoms with Crippen LogP contribution in [0.3, 0.4) is 0 Å². The summed E-state index contributed by atoms with van der Waals surface area (Å²) < 4.78 is 6.06. The van der Waals surface area contributed by atoms with Crippen LogP contribution >= 0.6 is 11.6 Å². The molecule has 5 nitrogen and oxygen atoms in total. The van der Waals surface area contributed by atoms with Crippen molar-refractivity contribution >= 4 is 39.2 Å². The second kappa shape index (κ2) is 8.96. The number of aryl methyl sites for hydroxylation is 1. The number of carboxylic acids is 1. The van der Waals surface area contributed by atoms with Crippen LogP contribution in [0.2, 0.25) is 5.02 Å². The largest absolute Gasteiger partial charge is 0.493 e. The van der Waals surface area contributed by atoms with E-state index < -0.39 is 5.97 Å². The quantitative estimate of drug-likeness (QED) is 0.266. The fourth-order valence-electron chi connectivity index (χ4n) is 4.29. The van der Waals surface area contributed by atoms with Gasteiger partial charge in [0.15, 0.2) is 0 Å². The van der Waals surface area contributed by atoms with E-state index in [2.05, 4.69) is 22.1 Å². The summed E-state index contributed by atoms with van der Waals surface area (Å²) in [6.45, 7) is 0.482. The molecule has 5 aromatic rings. The number of aromatic carboxylic acids is 1. The first-order chi connectivity index (χ1) is 16.1. The molecule has 0 radical (unpaired) electrons. The van der Waals surface area contributed by atoms with Gasteiger partial charge in [-0.1, -0.05) is 66.2 Å². The molecule has 0 saturated heterocycles. The van der Waals surface area contributed by atoms with Crippen molar-refractivity contribution in [2.45, 2.75) is 12.8 Å². The second-order valence-electron chi connectivity index (χ2n) is 7.80. The summed E-state index contributed by atoms with van der Waals surface area (Å²) in [5.41, 5.74) is 3.38. The third kappa shape index (κ3) is 4.03. The number of aromatic nitrogens is 2. The molecule has 2 aromatic heterocycles. The van der Waals surface area contributed by atoms with Crippen LogP contribution in [0.1, 0.15) is 22.5 Å². The Morgan fingerprint density at radius 3 is 2.61 bits per heavy atom. The van der Waals surface area contributed by atoms with Gasteiger partial charge in [-0.05, 0) is 35.9 Å². The third-order valence-corrected chi connectivity index (χ3v) is 6.10. The maximum absolute atomic E-state index is 12.0. The number of fused-ring (bicyclic) bond motifs is 2. The van der Waals surface area contributed by atoms with E-state index in [0.717, 1.165) is 44.1 Å². The molecule has 5 rings (SSSR count). The molecule has 2 N–H and O–H groups in total. The van der Waals surface area contributed by atoms with Gasteiger partial charge < -0.3 is 14.8 Å². The monoisotopic (exact) mass is 456 g/mol. The molecule has 0 saturated carbocycles. The third-order valence-electron chi connectivity index (χ3n) is 5.80. The minimum Gasteiger partial charge on any atom is -0.493 e. The lowest BCUT2D eigenvalue weighted by atomic mass is 10.0. The van der Waals surface area contributed by atoms with Gasteiger partial charge in [-0.25, -0.2) is 4.79 Å². The topological polar surface area (TPSA) is 75.2 Å². The summed E-state index contributed by atoms with van der Waals surface area (Å²) in [5.74, 6) is -0.150. The molecule has 0 aliphatic carbocycles. The van der Waals surface area contributed by atoms with Crippen LogP contribution < -0.4 is 4.74 Å². The maximum atomic E-state index is 12.0. The summed E-state index contributed by atoms with van der Waals surface area (Å²) in [7, 11) is 0. The lowest BCUT2D eigenvalue weighted by Gasteiger charge is -2.09. The number of benzene rings is 3. The average Bonchev–Trinajstić information content (AvgIpc) is 3.21. The van der Waals surface area contributed by atoms with Crippen LogP contribution in [0.5, 0.6) is 5.75 Å². The van der Waals surface area contributed by atoms with E-state index in [9.17, 15) is 9.90 Å². The molecule has 3 aromatic carbocycles. The van der Waals surface area contributed by atoms with E-state index in [4.69, 9.17) is 16.3 Å². The zero-order valence-corrected chi connectivity index (χ0v) is 18.5. The SMILES string of the molecule is O=C(O)c1[nH]c2c(-c3ccncc3Cl)cccc2c1CCCOc1cccc2ccccc12. The van der Waals surface area contributed by atoms with Gasteiger partial charge in [0.05, 0.1) is 17.1 Å². The van der Waals surface area contributed by atoms with Crippen LogP contribution in [0.25, 0.3) is 32.8 Å². The first kappa shape index (κ1) is 21.0. The number of aromatic amines is 1. The zero-order valence-electron chi connectivity index (χ0n) is 17.7. The van der Waals surface area contributed by atoms with Crippen LogP contribution in [-0.4, -0.2) is 27.7 Å². The Bertz CT molecular complexity index is 1470. The fourth-order valence-corrected chi connectivity index (χ4v) is 4.51. The molecule has 0 amide bonds. The van der Waals surface area contributed by atoms with Crippen molar-refractivity contribution in [3.05, 3.63) is 95.4 Å². The van der Waals surface area contributed by atoms with Gasteiger partial charge in [0.25, 0.3) is 0 Å². The fraction of sp³-hybridized carbons (Fsp3) is 0.111. The minimum absolute atomic E-state index is 0.202. The standard InChI is InChI=1S/C27H21ClN2O3/c28-23-16-29-14-13-19(23)20-9-4-10-21-22(26(27(31)32)30-25(20)21)11-5-15-33-24-12-3-7-17-6-1-2-8-18(17)24/h1-4,6-10,12-14,16,30H,5,11,15H2,(H,31,32). The highest BCUT2D eigenvalue weighted by molar-refractivity contribution is 6.33. The highest BCUT2D eigenvalue weighted by atomic mass is 35.5. The molecule has 0 bridgehead atoms. The molecule has 0 spiro atoms.